The molecule has 2 aromatic carbocycles. The number of thiazole rings is 1. The molecule has 48 heavy (non-hydrogen) atoms. The third-order valence-electron chi connectivity index (χ3n) is 10.3. The van der Waals surface area contributed by atoms with Gasteiger partial charge in [0.05, 0.1) is 32.2 Å². The fourth-order valence-electron chi connectivity index (χ4n) is 7.91. The topological polar surface area (TPSA) is 129 Å². The molecule has 15 heteroatoms. The predicted molar refractivity (Wildman–Crippen MR) is 178 cm³/mol. The van der Waals surface area contributed by atoms with E-state index in [-0.39, 0.29) is 72.9 Å². The van der Waals surface area contributed by atoms with Gasteiger partial charge in [0.2, 0.25) is 0 Å². The van der Waals surface area contributed by atoms with E-state index in [1.54, 1.807) is 12.3 Å². The number of nitrogens with two attached hydrogens (primary N) is 2. The quantitative estimate of drug-likeness (QED) is 0.210. The highest BCUT2D eigenvalue weighted by Gasteiger charge is 2.50. The monoisotopic (exact) mass is 694 g/mol. The Morgan fingerprint density at radius 2 is 2.00 bits per heavy atom. The fourth-order valence-corrected chi connectivity index (χ4v) is 9.00. The van der Waals surface area contributed by atoms with E-state index in [1.807, 2.05) is 11.0 Å². The maximum Gasteiger partial charge on any atom is 0.319 e. The number of ether oxygens (including phenoxy) is 2. The van der Waals surface area contributed by atoms with Crippen LogP contribution in [0.25, 0.3) is 32.2 Å². The molecule has 248 valence electrons. The molecule has 2 saturated heterocycles. The summed E-state index contributed by atoms with van der Waals surface area (Å²) in [5.41, 5.74) is 12.9. The molecule has 3 fully saturated rings. The third kappa shape index (κ3) is 4.48. The zero-order valence-electron chi connectivity index (χ0n) is 25.6. The van der Waals surface area contributed by atoms with Gasteiger partial charge in [-0.15, -0.1) is 0 Å². The van der Waals surface area contributed by atoms with Crippen molar-refractivity contribution in [2.24, 2.45) is 0 Å². The maximum atomic E-state index is 17.2. The van der Waals surface area contributed by atoms with Crippen LogP contribution in [0.4, 0.5) is 29.9 Å². The van der Waals surface area contributed by atoms with Crippen LogP contribution in [0.2, 0.25) is 5.02 Å². The van der Waals surface area contributed by atoms with Crippen molar-refractivity contribution in [2.75, 3.05) is 36.1 Å². The summed E-state index contributed by atoms with van der Waals surface area (Å²) in [4.78, 5) is 22.3. The lowest BCUT2D eigenvalue weighted by molar-refractivity contribution is 0.0915. The number of hydrogen-bond donors (Lipinski definition) is 2. The normalized spacial score (nSPS) is 24.8. The minimum atomic E-state index is -0.943. The van der Waals surface area contributed by atoms with Gasteiger partial charge in [-0.2, -0.15) is 9.97 Å². The molecule has 0 radical (unpaired) electrons. The second-order valence-corrected chi connectivity index (χ2v) is 14.5. The Morgan fingerprint density at radius 3 is 2.81 bits per heavy atom. The van der Waals surface area contributed by atoms with Crippen molar-refractivity contribution >= 4 is 60.8 Å². The van der Waals surface area contributed by atoms with Gasteiger partial charge in [0, 0.05) is 42.4 Å². The number of pyridine rings is 1. The van der Waals surface area contributed by atoms with Gasteiger partial charge in [-0.1, -0.05) is 29.0 Å². The van der Waals surface area contributed by atoms with Crippen LogP contribution in [-0.4, -0.2) is 68.4 Å². The van der Waals surface area contributed by atoms with Crippen molar-refractivity contribution in [3.05, 3.63) is 52.7 Å². The van der Waals surface area contributed by atoms with Crippen LogP contribution in [0.5, 0.6) is 11.8 Å². The summed E-state index contributed by atoms with van der Waals surface area (Å²) < 4.78 is 59.7. The summed E-state index contributed by atoms with van der Waals surface area (Å²) in [7, 11) is 0. The Labute approximate surface area is 281 Å². The van der Waals surface area contributed by atoms with Crippen molar-refractivity contribution in [2.45, 2.75) is 62.5 Å². The first-order valence-corrected chi connectivity index (χ1v) is 17.1. The number of aromatic nitrogens is 4. The van der Waals surface area contributed by atoms with E-state index in [1.165, 1.54) is 12.1 Å². The summed E-state index contributed by atoms with van der Waals surface area (Å²) in [6, 6.07) is 6.16. The Hall–Kier alpha value is -4.14. The zero-order chi connectivity index (χ0) is 32.9. The Morgan fingerprint density at radius 1 is 1.12 bits per heavy atom. The van der Waals surface area contributed by atoms with Gasteiger partial charge in [-0.25, -0.2) is 23.1 Å². The van der Waals surface area contributed by atoms with Crippen LogP contribution in [0, 0.1) is 11.6 Å². The van der Waals surface area contributed by atoms with Crippen molar-refractivity contribution in [1.29, 1.82) is 0 Å². The number of alkyl halides is 1. The van der Waals surface area contributed by atoms with Gasteiger partial charge in [0.1, 0.15) is 41.9 Å². The molecule has 4 atom stereocenters. The SMILES string of the molecule is Nc1nc2c(-c3c(Cl)c4c5c(nc(OC[C@@]67CCCN6C[C@H](F)C7)nc5c3F)N(Cc3cccnc3N)[C@H]3CCC3O4)ccc(F)c2s1. The second kappa shape index (κ2) is 10.9. The standard InChI is InChI=1S/C33H30ClF3N8O2S/c34-23-21(17-4-5-18(36)28-25(17)41-31(39)48-28)24(37)26-22-27(23)47-20-7-6-19(20)45(12-15-3-1-9-40-29(15)38)30(22)43-32(42-26)46-14-33-8-2-10-44(33)13-16(35)11-33/h1,3-5,9,16,19-20H,2,6-8,10-14H2,(H2,38,40)(H2,39,41)/t16-,19+,20?,33+/m1/s1. The molecule has 0 bridgehead atoms. The van der Waals surface area contributed by atoms with Crippen LogP contribution < -0.4 is 25.8 Å². The Balaban J connectivity index is 1.26. The zero-order valence-corrected chi connectivity index (χ0v) is 27.1. The van der Waals surface area contributed by atoms with E-state index in [9.17, 15) is 8.78 Å². The van der Waals surface area contributed by atoms with E-state index in [0.717, 1.165) is 49.1 Å². The molecular formula is C33H30ClF3N8O2S. The molecule has 3 aromatic heterocycles. The van der Waals surface area contributed by atoms with Crippen molar-refractivity contribution in [3.8, 4) is 22.9 Å². The smallest absolute Gasteiger partial charge is 0.319 e. The summed E-state index contributed by atoms with van der Waals surface area (Å²) >= 11 is 8.06. The number of fused-ring (bicyclic) bond motifs is 3. The van der Waals surface area contributed by atoms with Crippen LogP contribution in [0.3, 0.4) is 0 Å². The van der Waals surface area contributed by atoms with E-state index in [0.29, 0.717) is 31.1 Å². The van der Waals surface area contributed by atoms with Gasteiger partial charge in [0.25, 0.3) is 0 Å². The Bertz CT molecular complexity index is 2140. The summed E-state index contributed by atoms with van der Waals surface area (Å²) in [6.07, 6.45) is 3.96. The predicted octanol–water partition coefficient (Wildman–Crippen LogP) is 6.28. The number of rotatable bonds is 6. The van der Waals surface area contributed by atoms with E-state index in [2.05, 4.69) is 19.9 Å². The number of anilines is 3. The first kappa shape index (κ1) is 30.0. The lowest BCUT2D eigenvalue weighted by Gasteiger charge is -2.42. The lowest BCUT2D eigenvalue weighted by Crippen LogP contribution is -2.52. The third-order valence-corrected chi connectivity index (χ3v) is 11.6. The molecule has 6 heterocycles. The van der Waals surface area contributed by atoms with Gasteiger partial charge in [-0.3, -0.25) is 4.90 Å². The molecule has 0 amide bonds. The van der Waals surface area contributed by atoms with Gasteiger partial charge in [0.15, 0.2) is 16.7 Å². The maximum absolute atomic E-state index is 17.2. The second-order valence-electron chi connectivity index (χ2n) is 13.1. The highest BCUT2D eigenvalue weighted by Crippen LogP contribution is 2.52. The number of halogens is 4. The molecule has 4 aliphatic rings. The molecule has 3 aliphatic heterocycles. The number of nitrogens with zero attached hydrogens (tertiary/aromatic N) is 6. The van der Waals surface area contributed by atoms with E-state index < -0.39 is 23.3 Å². The van der Waals surface area contributed by atoms with Gasteiger partial charge in [-0.05, 0) is 50.4 Å². The Kier molecular flexibility index (Phi) is 6.83. The van der Waals surface area contributed by atoms with Crippen molar-refractivity contribution in [3.63, 3.8) is 0 Å². The van der Waals surface area contributed by atoms with Crippen molar-refractivity contribution in [1.82, 2.24) is 24.8 Å². The molecular weight excluding hydrogens is 665 g/mol. The van der Waals surface area contributed by atoms with E-state index >= 15 is 4.39 Å². The highest BCUT2D eigenvalue weighted by molar-refractivity contribution is 7.22. The molecule has 10 nitrogen and oxygen atoms in total. The largest absolute Gasteiger partial charge is 0.486 e. The van der Waals surface area contributed by atoms with E-state index in [4.69, 9.17) is 37.5 Å². The molecule has 5 aromatic rings. The van der Waals surface area contributed by atoms with Gasteiger partial charge < -0.3 is 25.8 Å². The number of nitrogen functional groups attached to an aromatic ring is 2. The summed E-state index contributed by atoms with van der Waals surface area (Å²) in [6.45, 7) is 1.62. The first-order valence-electron chi connectivity index (χ1n) is 15.9. The minimum Gasteiger partial charge on any atom is -0.486 e. The summed E-state index contributed by atoms with van der Waals surface area (Å²) in [5, 5.41) is 0.410. The number of hydrogen-bond acceptors (Lipinski definition) is 11. The minimum absolute atomic E-state index is 0.00757. The van der Waals surface area contributed by atoms with Crippen LogP contribution in [-0.2, 0) is 6.54 Å². The fraction of sp³-hybridized carbons (Fsp3) is 0.394. The molecule has 9 rings (SSSR count). The van der Waals surface area contributed by atoms with Crippen LogP contribution in [0.1, 0.15) is 37.7 Å². The molecule has 4 N–H and O–H groups in total. The highest BCUT2D eigenvalue weighted by atomic mass is 35.5. The van der Waals surface area contributed by atoms with Crippen LogP contribution in [0.15, 0.2) is 30.5 Å². The molecule has 1 aliphatic carbocycles. The first-order chi connectivity index (χ1) is 23.2. The average molecular weight is 695 g/mol. The van der Waals surface area contributed by atoms with Gasteiger partial charge >= 0.3 is 6.01 Å². The summed E-state index contributed by atoms with van der Waals surface area (Å²) in [5.74, 6) is -0.328. The van der Waals surface area contributed by atoms with Crippen molar-refractivity contribution < 1.29 is 22.6 Å². The number of benzene rings is 2. The van der Waals surface area contributed by atoms with Crippen LogP contribution >= 0.6 is 22.9 Å². The molecule has 0 spiro atoms. The molecule has 1 saturated carbocycles. The molecule has 1 unspecified atom stereocenters. The lowest BCUT2D eigenvalue weighted by atomic mass is 9.87. The average Bonchev–Trinajstić information content (AvgIpc) is 3.71.